The summed E-state index contributed by atoms with van der Waals surface area (Å²) in [6.45, 7) is 5.85. The number of rotatable bonds is 5. The van der Waals surface area contributed by atoms with Gasteiger partial charge in [0.1, 0.15) is 0 Å². The van der Waals surface area contributed by atoms with Crippen LogP contribution < -0.4 is 5.32 Å². The molecule has 0 radical (unpaired) electrons. The molecule has 0 saturated heterocycles. The van der Waals surface area contributed by atoms with Crippen LogP contribution >= 0.6 is 11.6 Å². The van der Waals surface area contributed by atoms with Crippen molar-refractivity contribution in [3.8, 4) is 5.69 Å². The number of hydrogen-bond acceptors (Lipinski definition) is 3. The molecule has 2 N–H and O–H groups in total. The number of hydrogen-bond donors (Lipinski definition) is 2. The van der Waals surface area contributed by atoms with Gasteiger partial charge in [0, 0.05) is 12.2 Å². The summed E-state index contributed by atoms with van der Waals surface area (Å²) in [4.78, 5) is 12.1. The van der Waals surface area contributed by atoms with Crippen LogP contribution in [0, 0.1) is 12.8 Å². The third kappa shape index (κ3) is 3.67. The van der Waals surface area contributed by atoms with Crippen LogP contribution in [0.2, 0.25) is 5.02 Å². The summed E-state index contributed by atoms with van der Waals surface area (Å²) in [7, 11) is 0. The zero-order valence-corrected chi connectivity index (χ0v) is 13.6. The van der Waals surface area contributed by atoms with Crippen LogP contribution in [0.5, 0.6) is 0 Å². The first-order chi connectivity index (χ1) is 10.4. The molecule has 1 heterocycles. The number of aromatic nitrogens is 2. The number of benzene rings is 1. The monoisotopic (exact) mass is 321 g/mol. The minimum atomic E-state index is -0.573. The largest absolute Gasteiger partial charge is 0.391 e. The van der Waals surface area contributed by atoms with Crippen LogP contribution in [0.3, 0.4) is 0 Å². The molecule has 1 unspecified atom stereocenters. The zero-order chi connectivity index (χ0) is 16.3. The number of aliphatic hydroxyl groups excluding tert-OH is 1. The average Bonchev–Trinajstić information content (AvgIpc) is 2.86. The predicted molar refractivity (Wildman–Crippen MR) is 86.5 cm³/mol. The van der Waals surface area contributed by atoms with Gasteiger partial charge >= 0.3 is 0 Å². The SMILES string of the molecule is Cc1cc(C(=O)NCC(O)C(C)C)nn1-c1ccccc1Cl. The molecule has 118 valence electrons. The van der Waals surface area contributed by atoms with E-state index in [9.17, 15) is 9.90 Å². The van der Waals surface area contributed by atoms with Crippen molar-refractivity contribution in [1.82, 2.24) is 15.1 Å². The quantitative estimate of drug-likeness (QED) is 0.889. The van der Waals surface area contributed by atoms with Crippen molar-refractivity contribution in [2.45, 2.75) is 26.9 Å². The van der Waals surface area contributed by atoms with Crippen molar-refractivity contribution < 1.29 is 9.90 Å². The van der Waals surface area contributed by atoms with Gasteiger partial charge in [-0.15, -0.1) is 0 Å². The highest BCUT2D eigenvalue weighted by atomic mass is 35.5. The fourth-order valence-electron chi connectivity index (χ4n) is 1.98. The lowest BCUT2D eigenvalue weighted by atomic mass is 10.1. The molecule has 1 amide bonds. The summed E-state index contributed by atoms with van der Waals surface area (Å²) >= 11 is 6.16. The lowest BCUT2D eigenvalue weighted by Crippen LogP contribution is -2.34. The minimum absolute atomic E-state index is 0.0859. The molecule has 5 nitrogen and oxygen atoms in total. The fourth-order valence-corrected chi connectivity index (χ4v) is 2.19. The highest BCUT2D eigenvalue weighted by Gasteiger charge is 2.16. The summed E-state index contributed by atoms with van der Waals surface area (Å²) in [6, 6.07) is 9.01. The van der Waals surface area contributed by atoms with Crippen LogP contribution in [0.25, 0.3) is 5.69 Å². The van der Waals surface area contributed by atoms with Gasteiger partial charge < -0.3 is 10.4 Å². The van der Waals surface area contributed by atoms with E-state index in [1.807, 2.05) is 39.0 Å². The van der Waals surface area contributed by atoms with Gasteiger partial charge in [0.15, 0.2) is 5.69 Å². The van der Waals surface area contributed by atoms with Crippen LogP contribution in [0.4, 0.5) is 0 Å². The van der Waals surface area contributed by atoms with Gasteiger partial charge in [-0.25, -0.2) is 4.68 Å². The molecule has 0 aliphatic rings. The van der Waals surface area contributed by atoms with E-state index in [2.05, 4.69) is 10.4 Å². The molecule has 0 fully saturated rings. The topological polar surface area (TPSA) is 67.2 Å². The van der Waals surface area contributed by atoms with Crippen molar-refractivity contribution in [3.05, 3.63) is 46.7 Å². The van der Waals surface area contributed by atoms with Crippen molar-refractivity contribution in [1.29, 1.82) is 0 Å². The molecule has 0 bridgehead atoms. The molecule has 2 rings (SSSR count). The van der Waals surface area contributed by atoms with Gasteiger partial charge in [0.2, 0.25) is 0 Å². The molecular weight excluding hydrogens is 302 g/mol. The van der Waals surface area contributed by atoms with E-state index < -0.39 is 6.10 Å². The zero-order valence-electron chi connectivity index (χ0n) is 12.9. The van der Waals surface area contributed by atoms with Gasteiger partial charge in [-0.2, -0.15) is 5.10 Å². The summed E-state index contributed by atoms with van der Waals surface area (Å²) in [5.74, 6) is -0.226. The van der Waals surface area contributed by atoms with E-state index in [1.54, 1.807) is 16.8 Å². The Morgan fingerprint density at radius 3 is 2.73 bits per heavy atom. The Bertz CT molecular complexity index is 667. The number of aliphatic hydroxyl groups is 1. The summed E-state index contributed by atoms with van der Waals surface area (Å²) in [5.41, 5.74) is 1.83. The van der Waals surface area contributed by atoms with Crippen molar-refractivity contribution in [2.24, 2.45) is 5.92 Å². The Labute approximate surface area is 134 Å². The van der Waals surface area contributed by atoms with Crippen molar-refractivity contribution in [2.75, 3.05) is 6.54 Å². The first-order valence-electron chi connectivity index (χ1n) is 7.18. The number of carbonyl (C=O) groups is 1. The maximum absolute atomic E-state index is 12.1. The average molecular weight is 322 g/mol. The minimum Gasteiger partial charge on any atom is -0.391 e. The first kappa shape index (κ1) is 16.5. The van der Waals surface area contributed by atoms with E-state index in [0.717, 1.165) is 11.4 Å². The first-order valence-corrected chi connectivity index (χ1v) is 7.55. The summed E-state index contributed by atoms with van der Waals surface area (Å²) in [5, 5.41) is 17.3. The third-order valence-electron chi connectivity index (χ3n) is 3.44. The molecule has 6 heteroatoms. The van der Waals surface area contributed by atoms with E-state index in [0.29, 0.717) is 10.7 Å². The summed E-state index contributed by atoms with van der Waals surface area (Å²) < 4.78 is 1.64. The fraction of sp³-hybridized carbons (Fsp3) is 0.375. The van der Waals surface area contributed by atoms with E-state index in [4.69, 9.17) is 11.6 Å². The smallest absolute Gasteiger partial charge is 0.271 e. The van der Waals surface area contributed by atoms with E-state index in [1.165, 1.54) is 0 Å². The third-order valence-corrected chi connectivity index (χ3v) is 3.76. The Balaban J connectivity index is 2.16. The molecule has 0 saturated carbocycles. The Morgan fingerprint density at radius 2 is 2.09 bits per heavy atom. The van der Waals surface area contributed by atoms with Crippen LogP contribution in [0.15, 0.2) is 30.3 Å². The Kier molecular flexibility index (Phi) is 5.21. The number of carbonyl (C=O) groups excluding carboxylic acids is 1. The maximum Gasteiger partial charge on any atom is 0.271 e. The normalized spacial score (nSPS) is 12.5. The number of halogens is 1. The second kappa shape index (κ2) is 6.94. The van der Waals surface area contributed by atoms with Gasteiger partial charge in [-0.1, -0.05) is 37.6 Å². The predicted octanol–water partition coefficient (Wildman–Crippen LogP) is 2.58. The standard InChI is InChI=1S/C16H20ClN3O2/c1-10(2)15(21)9-18-16(22)13-8-11(3)20(19-13)14-7-5-4-6-12(14)17/h4-8,10,15,21H,9H2,1-3H3,(H,18,22). The molecule has 1 aromatic carbocycles. The van der Waals surface area contributed by atoms with E-state index in [-0.39, 0.29) is 18.4 Å². The van der Waals surface area contributed by atoms with Crippen molar-refractivity contribution in [3.63, 3.8) is 0 Å². The second-order valence-electron chi connectivity index (χ2n) is 5.56. The molecule has 1 aromatic heterocycles. The second-order valence-corrected chi connectivity index (χ2v) is 5.96. The lowest BCUT2D eigenvalue weighted by molar-refractivity contribution is 0.0866. The van der Waals surface area contributed by atoms with Crippen LogP contribution in [0.1, 0.15) is 30.0 Å². The molecule has 1 atom stereocenters. The number of nitrogens with zero attached hydrogens (tertiary/aromatic N) is 2. The number of nitrogens with one attached hydrogen (secondary N) is 1. The molecule has 2 aromatic rings. The van der Waals surface area contributed by atoms with Gasteiger partial charge in [0.05, 0.1) is 16.8 Å². The number of aryl methyl sites for hydroxylation is 1. The van der Waals surface area contributed by atoms with E-state index >= 15 is 0 Å². The highest BCUT2D eigenvalue weighted by molar-refractivity contribution is 6.32. The maximum atomic E-state index is 12.1. The molecule has 22 heavy (non-hydrogen) atoms. The Hall–Kier alpha value is -1.85. The van der Waals surface area contributed by atoms with Gasteiger partial charge in [-0.3, -0.25) is 4.79 Å². The van der Waals surface area contributed by atoms with Crippen LogP contribution in [-0.4, -0.2) is 33.4 Å². The number of amides is 1. The Morgan fingerprint density at radius 1 is 1.41 bits per heavy atom. The van der Waals surface area contributed by atoms with Crippen LogP contribution in [-0.2, 0) is 0 Å². The molecular formula is C16H20ClN3O2. The highest BCUT2D eigenvalue weighted by Crippen LogP contribution is 2.21. The number of para-hydroxylation sites is 1. The molecule has 0 spiro atoms. The van der Waals surface area contributed by atoms with Gasteiger partial charge in [0.25, 0.3) is 5.91 Å². The summed E-state index contributed by atoms with van der Waals surface area (Å²) in [6.07, 6.45) is -0.573. The van der Waals surface area contributed by atoms with Crippen molar-refractivity contribution >= 4 is 17.5 Å². The lowest BCUT2D eigenvalue weighted by Gasteiger charge is -2.14. The molecule has 0 aliphatic carbocycles. The van der Waals surface area contributed by atoms with Gasteiger partial charge in [-0.05, 0) is 31.0 Å². The molecule has 0 aliphatic heterocycles.